The van der Waals surface area contributed by atoms with Crippen molar-refractivity contribution in [2.24, 2.45) is 5.92 Å². The topological polar surface area (TPSA) is 93.1 Å². The molecule has 0 saturated carbocycles. The number of aromatic hydroxyl groups is 1. The van der Waals surface area contributed by atoms with Gasteiger partial charge in [0.1, 0.15) is 11.3 Å². The molecule has 1 aromatic carbocycles. The summed E-state index contributed by atoms with van der Waals surface area (Å²) in [6, 6.07) is 4.59. The predicted octanol–water partition coefficient (Wildman–Crippen LogP) is 1.27. The van der Waals surface area contributed by atoms with Crippen molar-refractivity contribution in [3.05, 3.63) is 29.3 Å². The molecule has 1 fully saturated rings. The number of amides is 1. The number of nitrogens with zero attached hydrogens (tertiary/aromatic N) is 1. The maximum atomic E-state index is 12.1. The number of phenols is 1. The van der Waals surface area contributed by atoms with E-state index in [1.54, 1.807) is 17.9 Å². The second-order valence-corrected chi connectivity index (χ2v) is 5.77. The summed E-state index contributed by atoms with van der Waals surface area (Å²) in [5.41, 5.74) is 0.839. The number of rotatable bonds is 4. The number of hydrogen-bond acceptors (Lipinski definition) is 6. The lowest BCUT2D eigenvalue weighted by Gasteiger charge is -2.30. The third kappa shape index (κ3) is 4.24. The zero-order valence-corrected chi connectivity index (χ0v) is 13.8. The first kappa shape index (κ1) is 17.8. The molecule has 0 aliphatic carbocycles. The fourth-order valence-corrected chi connectivity index (χ4v) is 2.64. The van der Waals surface area contributed by atoms with Crippen LogP contribution in [0.5, 0.6) is 5.75 Å². The highest BCUT2D eigenvalue weighted by Crippen LogP contribution is 2.20. The van der Waals surface area contributed by atoms with Gasteiger partial charge in [-0.3, -0.25) is 9.59 Å². The number of phenolic OH excluding ortho intramolecular Hbond substituents is 1. The summed E-state index contributed by atoms with van der Waals surface area (Å²) in [6.07, 6.45) is 1.07. The van der Waals surface area contributed by atoms with Crippen molar-refractivity contribution in [3.8, 4) is 5.75 Å². The zero-order chi connectivity index (χ0) is 17.7. The summed E-state index contributed by atoms with van der Waals surface area (Å²) in [5.74, 6) is -1.69. The van der Waals surface area contributed by atoms with E-state index < -0.39 is 12.6 Å². The highest BCUT2D eigenvalue weighted by molar-refractivity contribution is 5.94. The van der Waals surface area contributed by atoms with E-state index in [4.69, 9.17) is 9.47 Å². The monoisotopic (exact) mass is 335 g/mol. The van der Waals surface area contributed by atoms with Gasteiger partial charge in [0.25, 0.3) is 5.91 Å². The summed E-state index contributed by atoms with van der Waals surface area (Å²) in [5, 5.41) is 9.74. The third-order valence-corrected chi connectivity index (χ3v) is 4.08. The Bertz CT molecular complexity index is 634. The third-order valence-electron chi connectivity index (χ3n) is 4.08. The summed E-state index contributed by atoms with van der Waals surface area (Å²) in [6.45, 7) is 2.24. The Balaban J connectivity index is 1.83. The van der Waals surface area contributed by atoms with Crippen molar-refractivity contribution in [2.45, 2.75) is 19.8 Å². The quantitative estimate of drug-likeness (QED) is 0.833. The van der Waals surface area contributed by atoms with Gasteiger partial charge in [0.15, 0.2) is 6.61 Å². The van der Waals surface area contributed by atoms with Gasteiger partial charge in [-0.1, -0.05) is 6.07 Å². The molecule has 130 valence electrons. The van der Waals surface area contributed by atoms with Crippen molar-refractivity contribution in [1.29, 1.82) is 0 Å². The Hall–Kier alpha value is -2.57. The van der Waals surface area contributed by atoms with E-state index in [0.717, 1.165) is 5.56 Å². The molecule has 0 spiro atoms. The molecule has 1 N–H and O–H groups in total. The Labute approximate surface area is 140 Å². The Morgan fingerprint density at radius 3 is 2.50 bits per heavy atom. The largest absolute Gasteiger partial charge is 0.507 e. The molecule has 7 heteroatoms. The summed E-state index contributed by atoms with van der Waals surface area (Å²) >= 11 is 0. The second-order valence-electron chi connectivity index (χ2n) is 5.77. The summed E-state index contributed by atoms with van der Waals surface area (Å²) in [7, 11) is 1.35. The number of hydrogen-bond donors (Lipinski definition) is 1. The number of piperidine rings is 1. The standard InChI is InChI=1S/C17H21NO6/c1-11-3-4-13(14(19)9-11)17(22)24-10-15(20)18-7-5-12(6-8-18)16(21)23-2/h3-4,9,12,19H,5-8,10H2,1-2H3. The number of likely N-dealkylation sites (tertiary alicyclic amines) is 1. The minimum atomic E-state index is -0.745. The first-order valence-electron chi connectivity index (χ1n) is 7.74. The normalized spacial score (nSPS) is 15.0. The Morgan fingerprint density at radius 1 is 1.25 bits per heavy atom. The number of esters is 2. The van der Waals surface area contributed by atoms with Crippen LogP contribution in [0.3, 0.4) is 0 Å². The van der Waals surface area contributed by atoms with Crippen LogP contribution < -0.4 is 0 Å². The number of aryl methyl sites for hydroxylation is 1. The van der Waals surface area contributed by atoms with Gasteiger partial charge >= 0.3 is 11.9 Å². The van der Waals surface area contributed by atoms with Crippen LogP contribution >= 0.6 is 0 Å². The van der Waals surface area contributed by atoms with Crippen LogP contribution in [0, 0.1) is 12.8 Å². The maximum absolute atomic E-state index is 12.1. The van der Waals surface area contributed by atoms with Gasteiger partial charge < -0.3 is 19.5 Å². The highest BCUT2D eigenvalue weighted by Gasteiger charge is 2.28. The van der Waals surface area contributed by atoms with Gasteiger partial charge in [0, 0.05) is 13.1 Å². The molecule has 0 atom stereocenters. The average molecular weight is 335 g/mol. The first-order chi connectivity index (χ1) is 11.4. The maximum Gasteiger partial charge on any atom is 0.342 e. The molecule has 7 nitrogen and oxygen atoms in total. The fraction of sp³-hybridized carbons (Fsp3) is 0.471. The number of carbonyl (C=O) groups excluding carboxylic acids is 3. The van der Waals surface area contributed by atoms with Gasteiger partial charge in [0.05, 0.1) is 13.0 Å². The van der Waals surface area contributed by atoms with Gasteiger partial charge in [-0.2, -0.15) is 0 Å². The summed E-state index contributed by atoms with van der Waals surface area (Å²) in [4.78, 5) is 37.0. The lowest BCUT2D eigenvalue weighted by atomic mass is 9.97. The first-order valence-corrected chi connectivity index (χ1v) is 7.74. The van der Waals surface area contributed by atoms with Crippen molar-refractivity contribution in [2.75, 3.05) is 26.8 Å². The average Bonchev–Trinajstić information content (AvgIpc) is 2.58. The van der Waals surface area contributed by atoms with Crippen molar-refractivity contribution in [1.82, 2.24) is 4.90 Å². The highest BCUT2D eigenvalue weighted by atomic mass is 16.5. The van der Waals surface area contributed by atoms with E-state index in [-0.39, 0.29) is 29.1 Å². The van der Waals surface area contributed by atoms with Gasteiger partial charge in [-0.15, -0.1) is 0 Å². The van der Waals surface area contributed by atoms with Crippen LogP contribution in [0.2, 0.25) is 0 Å². The van der Waals surface area contributed by atoms with Crippen molar-refractivity contribution in [3.63, 3.8) is 0 Å². The van der Waals surface area contributed by atoms with Crippen molar-refractivity contribution >= 4 is 17.8 Å². The van der Waals surface area contributed by atoms with E-state index in [1.165, 1.54) is 19.2 Å². The van der Waals surface area contributed by atoms with Crippen LogP contribution in [-0.4, -0.2) is 54.7 Å². The molecule has 1 amide bonds. The molecule has 1 saturated heterocycles. The molecule has 2 rings (SSSR count). The van der Waals surface area contributed by atoms with E-state index in [9.17, 15) is 19.5 Å². The van der Waals surface area contributed by atoms with Crippen LogP contribution in [0.1, 0.15) is 28.8 Å². The molecule has 1 aliphatic heterocycles. The fourth-order valence-electron chi connectivity index (χ4n) is 2.64. The second kappa shape index (κ2) is 7.81. The summed E-state index contributed by atoms with van der Waals surface area (Å²) < 4.78 is 9.68. The molecule has 1 heterocycles. The van der Waals surface area contributed by atoms with Gasteiger partial charge in [-0.25, -0.2) is 4.79 Å². The van der Waals surface area contributed by atoms with E-state index >= 15 is 0 Å². The molecule has 0 bridgehead atoms. The van der Waals surface area contributed by atoms with Crippen LogP contribution in [-0.2, 0) is 19.1 Å². The minimum Gasteiger partial charge on any atom is -0.507 e. The van der Waals surface area contributed by atoms with Crippen LogP contribution in [0.15, 0.2) is 18.2 Å². The van der Waals surface area contributed by atoms with Gasteiger partial charge in [0.2, 0.25) is 0 Å². The molecular formula is C17H21NO6. The molecule has 0 radical (unpaired) electrons. The number of carbonyl (C=O) groups is 3. The van der Waals surface area contributed by atoms with Crippen molar-refractivity contribution < 1.29 is 29.0 Å². The lowest BCUT2D eigenvalue weighted by molar-refractivity contribution is -0.149. The molecule has 1 aliphatic rings. The molecule has 0 unspecified atom stereocenters. The number of benzene rings is 1. The van der Waals surface area contributed by atoms with Crippen LogP contribution in [0.25, 0.3) is 0 Å². The number of methoxy groups -OCH3 is 1. The lowest BCUT2D eigenvalue weighted by Crippen LogP contribution is -2.42. The number of ether oxygens (including phenoxy) is 2. The van der Waals surface area contributed by atoms with E-state index in [1.807, 2.05) is 0 Å². The zero-order valence-electron chi connectivity index (χ0n) is 13.8. The smallest absolute Gasteiger partial charge is 0.342 e. The predicted molar refractivity (Wildman–Crippen MR) is 84.4 cm³/mol. The van der Waals surface area contributed by atoms with E-state index in [2.05, 4.69) is 0 Å². The molecule has 1 aromatic rings. The van der Waals surface area contributed by atoms with Crippen LogP contribution in [0.4, 0.5) is 0 Å². The van der Waals surface area contributed by atoms with E-state index in [0.29, 0.717) is 25.9 Å². The molecule has 0 aromatic heterocycles. The SMILES string of the molecule is COC(=O)C1CCN(C(=O)COC(=O)c2ccc(C)cc2O)CC1. The molecule has 24 heavy (non-hydrogen) atoms. The minimum absolute atomic E-state index is 0.0257. The Kier molecular flexibility index (Phi) is 5.78. The molecular weight excluding hydrogens is 314 g/mol. The Morgan fingerprint density at radius 2 is 1.92 bits per heavy atom. The van der Waals surface area contributed by atoms with Gasteiger partial charge in [-0.05, 0) is 37.5 Å².